The molecule has 0 saturated heterocycles. The van der Waals surface area contributed by atoms with Crippen LogP contribution in [0.15, 0.2) is 163 Å². The van der Waals surface area contributed by atoms with E-state index in [9.17, 15) is 0 Å². The van der Waals surface area contributed by atoms with Gasteiger partial charge in [-0.25, -0.2) is 0 Å². The van der Waals surface area contributed by atoms with Crippen molar-refractivity contribution in [2.75, 3.05) is 0 Å². The molecule has 1 nitrogen and oxygen atoms in total. The largest absolute Gasteiger partial charge is 0.456 e. The fourth-order valence-corrected chi connectivity index (χ4v) is 7.00. The Balaban J connectivity index is 1.08. The second-order valence-electron chi connectivity index (χ2n) is 12.2. The Kier molecular flexibility index (Phi) is 6.36. The molecule has 0 atom stereocenters. The Morgan fingerprint density at radius 2 is 1.06 bits per heavy atom. The highest BCUT2D eigenvalue weighted by Gasteiger charge is 2.11. The van der Waals surface area contributed by atoms with Gasteiger partial charge in [0, 0.05) is 10.8 Å². The summed E-state index contributed by atoms with van der Waals surface area (Å²) in [5.74, 6) is 0. The lowest BCUT2D eigenvalue weighted by atomic mass is 9.91. The van der Waals surface area contributed by atoms with E-state index in [1.54, 1.807) is 0 Å². The van der Waals surface area contributed by atoms with Crippen molar-refractivity contribution in [1.29, 1.82) is 0 Å². The van der Waals surface area contributed by atoms with Gasteiger partial charge in [0.2, 0.25) is 0 Å². The number of fused-ring (bicyclic) bond motifs is 7. The zero-order chi connectivity index (χ0) is 31.3. The first-order chi connectivity index (χ1) is 23.2. The maximum atomic E-state index is 6.44. The van der Waals surface area contributed by atoms with Crippen LogP contribution in [0.25, 0.3) is 94.7 Å². The van der Waals surface area contributed by atoms with Crippen molar-refractivity contribution in [3.8, 4) is 22.3 Å². The van der Waals surface area contributed by atoms with Gasteiger partial charge in [-0.2, -0.15) is 0 Å². The van der Waals surface area contributed by atoms with Gasteiger partial charge in [0.1, 0.15) is 11.2 Å². The smallest absolute Gasteiger partial charge is 0.136 e. The molecule has 0 radical (unpaired) electrons. The van der Waals surface area contributed by atoms with E-state index >= 15 is 0 Å². The molecular formula is C46H30O. The molecule has 0 spiro atoms. The van der Waals surface area contributed by atoms with E-state index in [2.05, 4.69) is 170 Å². The van der Waals surface area contributed by atoms with Gasteiger partial charge in [-0.15, -0.1) is 0 Å². The molecule has 9 aromatic rings. The lowest BCUT2D eigenvalue weighted by molar-refractivity contribution is 0.669. The molecule has 9 rings (SSSR count). The van der Waals surface area contributed by atoms with Crippen LogP contribution >= 0.6 is 0 Å². The number of hydrogen-bond acceptors (Lipinski definition) is 1. The molecule has 220 valence electrons. The molecular weight excluding hydrogens is 569 g/mol. The molecule has 0 unspecified atom stereocenters. The number of benzene rings is 8. The van der Waals surface area contributed by atoms with Crippen molar-refractivity contribution < 1.29 is 4.42 Å². The molecule has 47 heavy (non-hydrogen) atoms. The van der Waals surface area contributed by atoms with Gasteiger partial charge in [-0.1, -0.05) is 134 Å². The summed E-state index contributed by atoms with van der Waals surface area (Å²) in [5, 5.41) is 9.79. The highest BCUT2D eigenvalue weighted by atomic mass is 16.3. The van der Waals surface area contributed by atoms with Crippen LogP contribution in [-0.4, -0.2) is 0 Å². The summed E-state index contributed by atoms with van der Waals surface area (Å²) in [6.45, 7) is 4.10. The molecule has 0 aliphatic heterocycles. The molecule has 1 heterocycles. The minimum atomic E-state index is 0.887. The normalized spacial score (nSPS) is 11.8. The summed E-state index contributed by atoms with van der Waals surface area (Å²) < 4.78 is 6.44. The van der Waals surface area contributed by atoms with Crippen LogP contribution < -0.4 is 0 Å². The molecule has 0 N–H and O–H groups in total. The zero-order valence-corrected chi connectivity index (χ0v) is 25.8. The van der Waals surface area contributed by atoms with Crippen molar-refractivity contribution in [1.82, 2.24) is 0 Å². The van der Waals surface area contributed by atoms with E-state index in [0.29, 0.717) is 0 Å². The summed E-state index contributed by atoms with van der Waals surface area (Å²) in [7, 11) is 0. The van der Waals surface area contributed by atoms with E-state index in [1.807, 2.05) is 6.08 Å². The molecule has 1 heteroatoms. The molecule has 1 aromatic heterocycles. The lowest BCUT2D eigenvalue weighted by Crippen LogP contribution is -1.87. The first-order valence-corrected chi connectivity index (χ1v) is 16.0. The van der Waals surface area contributed by atoms with Gasteiger partial charge in [-0.05, 0) is 114 Å². The van der Waals surface area contributed by atoms with Crippen molar-refractivity contribution in [2.45, 2.75) is 0 Å². The highest BCUT2D eigenvalue weighted by molar-refractivity contribution is 6.14. The Hall–Kier alpha value is -6.18. The van der Waals surface area contributed by atoms with Gasteiger partial charge in [0.25, 0.3) is 0 Å². The standard InChI is InChI=1S/C46H30O/c1-2-31-18-21-38(44-28-37-11-5-6-12-39(37)40-13-7-8-14-41(40)44)27-34(31)17-15-30-16-23-42-43-24-22-36(29-46(43)47-45(42)25-30)35-20-19-32-9-3-4-10-33(32)26-35/h2-29H,1H2/b17-15+. The summed E-state index contributed by atoms with van der Waals surface area (Å²) in [6.07, 6.45) is 6.28. The van der Waals surface area contributed by atoms with Crippen molar-refractivity contribution in [3.63, 3.8) is 0 Å². The number of furan rings is 1. The minimum Gasteiger partial charge on any atom is -0.456 e. The Labute approximate surface area is 273 Å². The van der Waals surface area contributed by atoms with Gasteiger partial charge in [0.15, 0.2) is 0 Å². The van der Waals surface area contributed by atoms with Crippen LogP contribution in [0.5, 0.6) is 0 Å². The maximum absolute atomic E-state index is 6.44. The average molecular weight is 599 g/mol. The van der Waals surface area contributed by atoms with E-state index in [4.69, 9.17) is 4.42 Å². The van der Waals surface area contributed by atoms with E-state index in [0.717, 1.165) is 44.2 Å². The Morgan fingerprint density at radius 1 is 0.404 bits per heavy atom. The molecule has 0 saturated carbocycles. The Morgan fingerprint density at radius 3 is 1.91 bits per heavy atom. The van der Waals surface area contributed by atoms with Crippen molar-refractivity contribution in [3.05, 3.63) is 175 Å². The SMILES string of the molecule is C=Cc1ccc(-c2cc3ccccc3c3ccccc23)cc1/C=C/c1ccc2c(c1)oc1cc(-c3ccc4ccccc4c3)ccc12. The second kappa shape index (κ2) is 11.0. The van der Waals surface area contributed by atoms with Gasteiger partial charge < -0.3 is 4.42 Å². The third-order valence-corrected chi connectivity index (χ3v) is 9.42. The zero-order valence-electron chi connectivity index (χ0n) is 25.8. The molecule has 0 aliphatic carbocycles. The first kappa shape index (κ1) is 27.2. The van der Waals surface area contributed by atoms with Crippen LogP contribution in [0.1, 0.15) is 16.7 Å². The maximum Gasteiger partial charge on any atom is 0.136 e. The third kappa shape index (κ3) is 4.72. The van der Waals surface area contributed by atoms with Gasteiger partial charge in [0.05, 0.1) is 0 Å². The molecule has 8 aromatic carbocycles. The van der Waals surface area contributed by atoms with Crippen LogP contribution in [0, 0.1) is 0 Å². The number of rotatable bonds is 5. The summed E-state index contributed by atoms with van der Waals surface area (Å²) >= 11 is 0. The van der Waals surface area contributed by atoms with E-state index in [1.165, 1.54) is 49.0 Å². The van der Waals surface area contributed by atoms with Crippen LogP contribution in [0.2, 0.25) is 0 Å². The molecule has 0 aliphatic rings. The summed E-state index contributed by atoms with van der Waals surface area (Å²) in [5.41, 5.74) is 9.85. The summed E-state index contributed by atoms with van der Waals surface area (Å²) in [4.78, 5) is 0. The quantitative estimate of drug-likeness (QED) is 0.142. The van der Waals surface area contributed by atoms with Crippen LogP contribution in [0.3, 0.4) is 0 Å². The van der Waals surface area contributed by atoms with Gasteiger partial charge in [-0.3, -0.25) is 0 Å². The molecule has 0 fully saturated rings. The lowest BCUT2D eigenvalue weighted by Gasteiger charge is -2.12. The monoisotopic (exact) mass is 598 g/mol. The molecule has 0 bridgehead atoms. The fraction of sp³-hybridized carbons (Fsp3) is 0. The highest BCUT2D eigenvalue weighted by Crippen LogP contribution is 2.37. The van der Waals surface area contributed by atoms with E-state index < -0.39 is 0 Å². The Bertz CT molecular complexity index is 2700. The minimum absolute atomic E-state index is 0.887. The first-order valence-electron chi connectivity index (χ1n) is 16.0. The third-order valence-electron chi connectivity index (χ3n) is 9.42. The predicted molar refractivity (Wildman–Crippen MR) is 203 cm³/mol. The number of hydrogen-bond donors (Lipinski definition) is 0. The summed E-state index contributed by atoms with van der Waals surface area (Å²) in [6, 6.07) is 54.4. The van der Waals surface area contributed by atoms with Crippen molar-refractivity contribution >= 4 is 72.5 Å². The second-order valence-corrected chi connectivity index (χ2v) is 12.2. The molecule has 0 amide bonds. The van der Waals surface area contributed by atoms with Crippen LogP contribution in [-0.2, 0) is 0 Å². The van der Waals surface area contributed by atoms with Crippen molar-refractivity contribution in [2.24, 2.45) is 0 Å². The van der Waals surface area contributed by atoms with Gasteiger partial charge >= 0.3 is 0 Å². The topological polar surface area (TPSA) is 13.1 Å². The average Bonchev–Trinajstić information content (AvgIpc) is 3.50. The van der Waals surface area contributed by atoms with E-state index in [-0.39, 0.29) is 0 Å². The fourth-order valence-electron chi connectivity index (χ4n) is 7.00. The van der Waals surface area contributed by atoms with Crippen LogP contribution in [0.4, 0.5) is 0 Å². The predicted octanol–water partition coefficient (Wildman–Crippen LogP) is 13.2.